The summed E-state index contributed by atoms with van der Waals surface area (Å²) in [6, 6.07) is 18.5. The molecule has 16 heteroatoms. The van der Waals surface area contributed by atoms with Gasteiger partial charge in [-0.25, -0.2) is 26.8 Å². The van der Waals surface area contributed by atoms with Crippen molar-refractivity contribution in [3.63, 3.8) is 0 Å². The summed E-state index contributed by atoms with van der Waals surface area (Å²) in [5.41, 5.74) is 3.81. The quantitative estimate of drug-likeness (QED) is 0.237. The number of benzene rings is 4. The predicted octanol–water partition coefficient (Wildman–Crippen LogP) is 3.22. The molecule has 0 atom stereocenters. The van der Waals surface area contributed by atoms with E-state index >= 15 is 0 Å². The Morgan fingerprint density at radius 3 is 1.29 bits per heavy atom. The summed E-state index contributed by atoms with van der Waals surface area (Å²) in [7, 11) is -7.96. The Bertz CT molecular complexity index is 2010. The van der Waals surface area contributed by atoms with Crippen molar-refractivity contribution in [2.75, 3.05) is 21.7 Å². The highest BCUT2D eigenvalue weighted by molar-refractivity contribution is 7.92. The van der Waals surface area contributed by atoms with Gasteiger partial charge in [0.2, 0.25) is 0 Å². The van der Waals surface area contributed by atoms with Crippen LogP contribution in [0.15, 0.2) is 72.8 Å². The van der Waals surface area contributed by atoms with E-state index in [0.717, 1.165) is 19.7 Å². The molecule has 0 bridgehead atoms. The molecule has 2 aliphatic heterocycles. The molecule has 4 aromatic rings. The molecule has 0 aromatic heterocycles. The molecular formula is C32H30F2N4O8S2. The van der Waals surface area contributed by atoms with Crippen molar-refractivity contribution >= 4 is 43.6 Å². The molecule has 0 spiro atoms. The van der Waals surface area contributed by atoms with Crippen LogP contribution in [0.25, 0.3) is 0 Å². The molecule has 6 rings (SSSR count). The summed E-state index contributed by atoms with van der Waals surface area (Å²) in [4.78, 5) is 22.5. The number of nitrogens with one attached hydrogen (secondary N) is 2. The number of nitrogens with zero attached hydrogens (tertiary/aromatic N) is 2. The Labute approximate surface area is 275 Å². The van der Waals surface area contributed by atoms with Crippen LogP contribution in [0, 0.1) is 25.5 Å². The minimum atomic E-state index is -3.98. The fraction of sp³-hybridized carbons (Fsp3) is 0.188. The van der Waals surface area contributed by atoms with E-state index in [1.807, 2.05) is 9.44 Å². The first kappa shape index (κ1) is 34.1. The monoisotopic (exact) mass is 700 g/mol. The molecular weight excluding hydrogens is 671 g/mol. The summed E-state index contributed by atoms with van der Waals surface area (Å²) in [5, 5.41) is 20.2. The van der Waals surface area contributed by atoms with Gasteiger partial charge in [0.1, 0.15) is 36.2 Å². The van der Waals surface area contributed by atoms with Crippen molar-refractivity contribution in [2.24, 2.45) is 0 Å². The van der Waals surface area contributed by atoms with E-state index in [-0.39, 0.29) is 60.4 Å². The molecule has 2 saturated heterocycles. The topological polar surface area (TPSA) is 173 Å². The van der Waals surface area contributed by atoms with Gasteiger partial charge in [-0.05, 0) is 83.6 Å². The van der Waals surface area contributed by atoms with E-state index in [1.54, 1.807) is 50.2 Å². The number of phenolic OH excluding ortho intramolecular Hbond substituents is 2. The average molecular weight is 701 g/mol. The maximum atomic E-state index is 13.9. The molecule has 4 aromatic carbocycles. The second kappa shape index (κ2) is 13.1. The molecule has 4 N–H and O–H groups in total. The van der Waals surface area contributed by atoms with Crippen LogP contribution >= 0.6 is 0 Å². The molecule has 2 fully saturated rings. The van der Waals surface area contributed by atoms with E-state index in [2.05, 4.69) is 0 Å². The van der Waals surface area contributed by atoms with Crippen molar-refractivity contribution in [1.29, 1.82) is 0 Å². The second-order valence-electron chi connectivity index (χ2n) is 11.3. The lowest BCUT2D eigenvalue weighted by atomic mass is 10.0. The minimum absolute atomic E-state index is 0.00137. The van der Waals surface area contributed by atoms with Crippen LogP contribution in [0.3, 0.4) is 0 Å². The van der Waals surface area contributed by atoms with Gasteiger partial charge in [-0.3, -0.25) is 9.59 Å². The maximum absolute atomic E-state index is 13.9. The first-order chi connectivity index (χ1) is 22.5. The van der Waals surface area contributed by atoms with Crippen LogP contribution in [0.1, 0.15) is 33.4 Å². The third-order valence-electron chi connectivity index (χ3n) is 7.46. The van der Waals surface area contributed by atoms with Crippen LogP contribution in [0.5, 0.6) is 11.5 Å². The normalized spacial score (nSPS) is 16.2. The maximum Gasteiger partial charge on any atom is 0.326 e. The lowest BCUT2D eigenvalue weighted by molar-refractivity contribution is -0.118. The molecule has 0 aliphatic carbocycles. The molecule has 48 heavy (non-hydrogen) atoms. The first-order valence-corrected chi connectivity index (χ1v) is 17.2. The van der Waals surface area contributed by atoms with Crippen molar-refractivity contribution in [3.8, 4) is 11.5 Å². The van der Waals surface area contributed by atoms with E-state index in [1.165, 1.54) is 36.4 Å². The van der Waals surface area contributed by atoms with Gasteiger partial charge in [-0.2, -0.15) is 16.8 Å². The lowest BCUT2D eigenvalue weighted by Gasteiger charge is -2.16. The first-order valence-electron chi connectivity index (χ1n) is 14.3. The zero-order chi connectivity index (χ0) is 35.0. The Hall–Kier alpha value is -5.22. The molecule has 0 unspecified atom stereocenters. The highest BCUT2D eigenvalue weighted by Gasteiger charge is 2.36. The van der Waals surface area contributed by atoms with Crippen LogP contribution in [-0.2, 0) is 42.8 Å². The van der Waals surface area contributed by atoms with Gasteiger partial charge in [0, 0.05) is 12.8 Å². The van der Waals surface area contributed by atoms with Gasteiger partial charge < -0.3 is 10.2 Å². The summed E-state index contributed by atoms with van der Waals surface area (Å²) < 4.78 is 80.3. The van der Waals surface area contributed by atoms with Gasteiger partial charge in [0.05, 0.1) is 11.4 Å². The third kappa shape index (κ3) is 7.50. The number of amides is 2. The van der Waals surface area contributed by atoms with Gasteiger partial charge in [-0.1, -0.05) is 36.4 Å². The fourth-order valence-electron chi connectivity index (χ4n) is 5.13. The van der Waals surface area contributed by atoms with Crippen molar-refractivity contribution in [1.82, 2.24) is 9.44 Å². The van der Waals surface area contributed by atoms with Crippen LogP contribution in [0.2, 0.25) is 0 Å². The summed E-state index contributed by atoms with van der Waals surface area (Å²) in [6.07, 6.45) is 0.508. The van der Waals surface area contributed by atoms with Gasteiger partial charge in [0.25, 0.3) is 11.8 Å². The lowest BCUT2D eigenvalue weighted by Crippen LogP contribution is -2.29. The number of hydrogen-bond donors (Lipinski definition) is 4. The summed E-state index contributed by atoms with van der Waals surface area (Å²) in [5.74, 6) is -2.59. The van der Waals surface area contributed by atoms with Crippen LogP contribution < -0.4 is 18.1 Å². The standard InChI is InChI=1S/2C16H15FN2O4S/c2*1-10-2-4-12(13(17)6-10)7-11-3-5-14(15(20)8-11)19-9-16(21)18-24(19,22)23/h2*2-6,8,20H,7,9H2,1H3,(H,18,21). The number of rotatable bonds is 6. The SMILES string of the molecule is Cc1ccc(Cc2ccc(N3CC(=O)NS3(=O)=O)c(O)c2)c(F)c1.Cc1ccc(Cc2ccc(N3CC(=O)NS3(=O)=O)c(O)c2)c(F)c1. The molecule has 0 saturated carbocycles. The Morgan fingerprint density at radius 1 is 0.625 bits per heavy atom. The van der Waals surface area contributed by atoms with Crippen molar-refractivity contribution < 1.29 is 45.4 Å². The van der Waals surface area contributed by atoms with Gasteiger partial charge in [-0.15, -0.1) is 0 Å². The van der Waals surface area contributed by atoms with Crippen molar-refractivity contribution in [3.05, 3.63) is 118 Å². The van der Waals surface area contributed by atoms with Crippen LogP contribution in [0.4, 0.5) is 20.2 Å². The molecule has 252 valence electrons. The number of halogens is 2. The smallest absolute Gasteiger partial charge is 0.326 e. The van der Waals surface area contributed by atoms with E-state index in [4.69, 9.17) is 0 Å². The Balaban J connectivity index is 0.000000188. The largest absolute Gasteiger partial charge is 0.506 e. The number of carbonyl (C=O) groups excluding carboxylic acids is 2. The molecule has 2 aliphatic rings. The molecule has 2 amide bonds. The minimum Gasteiger partial charge on any atom is -0.506 e. The summed E-state index contributed by atoms with van der Waals surface area (Å²) in [6.45, 7) is 2.81. The molecule has 0 radical (unpaired) electrons. The van der Waals surface area contributed by atoms with Gasteiger partial charge in [0.15, 0.2) is 0 Å². The number of aromatic hydroxyl groups is 2. The fourth-order valence-corrected chi connectivity index (χ4v) is 7.46. The number of hydrogen-bond acceptors (Lipinski definition) is 8. The van der Waals surface area contributed by atoms with E-state index in [9.17, 15) is 45.4 Å². The van der Waals surface area contributed by atoms with E-state index < -0.39 is 32.2 Å². The molecule has 12 nitrogen and oxygen atoms in total. The number of aryl methyl sites for hydroxylation is 2. The number of phenols is 2. The summed E-state index contributed by atoms with van der Waals surface area (Å²) >= 11 is 0. The zero-order valence-corrected chi connectivity index (χ0v) is 27.2. The third-order valence-corrected chi connectivity index (χ3v) is 10.2. The Morgan fingerprint density at radius 2 is 1.00 bits per heavy atom. The average Bonchev–Trinajstić information content (AvgIpc) is 3.42. The van der Waals surface area contributed by atoms with Gasteiger partial charge >= 0.3 is 20.4 Å². The highest BCUT2D eigenvalue weighted by Crippen LogP contribution is 2.33. The van der Waals surface area contributed by atoms with Crippen molar-refractivity contribution in [2.45, 2.75) is 26.7 Å². The Kier molecular flexibility index (Phi) is 9.33. The predicted molar refractivity (Wildman–Crippen MR) is 173 cm³/mol. The number of anilines is 2. The molecule has 2 heterocycles. The second-order valence-corrected chi connectivity index (χ2v) is 14.5. The highest BCUT2D eigenvalue weighted by atomic mass is 32.2. The van der Waals surface area contributed by atoms with Crippen LogP contribution in [-0.4, -0.2) is 52.0 Å². The number of carbonyl (C=O) groups is 2. The van der Waals surface area contributed by atoms with E-state index in [0.29, 0.717) is 22.3 Å². The zero-order valence-electron chi connectivity index (χ0n) is 25.6.